The maximum absolute atomic E-state index is 13.5. The highest BCUT2D eigenvalue weighted by atomic mass is 32.2. The SMILES string of the molecule is Cc1ccc(S(=O)(=O)n2cc(-c3ccccc3C=O)c3cc(-c4ccsc4)cnc32)cc1. The van der Waals surface area contributed by atoms with Crippen LogP contribution in [0, 0.1) is 6.92 Å². The summed E-state index contributed by atoms with van der Waals surface area (Å²) < 4.78 is 28.3. The number of hydrogen-bond donors (Lipinski definition) is 0. The largest absolute Gasteiger partial charge is 0.298 e. The second-order valence-corrected chi connectivity index (χ2v) is 10.1. The Kier molecular flexibility index (Phi) is 5.00. The minimum absolute atomic E-state index is 0.180. The second kappa shape index (κ2) is 7.85. The predicted octanol–water partition coefficient (Wildman–Crippen LogP) is 5.79. The summed E-state index contributed by atoms with van der Waals surface area (Å²) in [6.45, 7) is 1.91. The number of aryl methyl sites for hydroxylation is 1. The Hall–Kier alpha value is -3.55. The van der Waals surface area contributed by atoms with E-state index < -0.39 is 10.0 Å². The third kappa shape index (κ3) is 3.36. The maximum Gasteiger partial charge on any atom is 0.269 e. The molecule has 5 nitrogen and oxygen atoms in total. The van der Waals surface area contributed by atoms with Crippen LogP contribution in [0.15, 0.2) is 88.7 Å². The van der Waals surface area contributed by atoms with Gasteiger partial charge in [0.1, 0.15) is 0 Å². The molecule has 0 saturated carbocycles. The minimum atomic E-state index is -3.89. The third-order valence-electron chi connectivity index (χ3n) is 5.42. The number of carbonyl (C=O) groups excluding carboxylic acids is 1. The van der Waals surface area contributed by atoms with Crippen LogP contribution < -0.4 is 0 Å². The standard InChI is InChI=1S/C25H18N2O3S2/c1-17-6-8-21(9-7-17)32(29,30)27-14-24(22-5-3-2-4-18(22)15-28)23-12-20(13-26-25(23)27)19-10-11-31-16-19/h2-16H,1H3. The lowest BCUT2D eigenvalue weighted by Gasteiger charge is -2.07. The molecule has 0 atom stereocenters. The Labute approximate surface area is 189 Å². The normalized spacial score (nSPS) is 11.7. The quantitative estimate of drug-likeness (QED) is 0.313. The number of nitrogens with zero attached hydrogens (tertiary/aromatic N) is 2. The van der Waals surface area contributed by atoms with Gasteiger partial charge in [0.05, 0.1) is 4.90 Å². The van der Waals surface area contributed by atoms with Crippen molar-refractivity contribution in [3.05, 3.63) is 94.9 Å². The van der Waals surface area contributed by atoms with Crippen molar-refractivity contribution in [2.75, 3.05) is 0 Å². The van der Waals surface area contributed by atoms with Crippen LogP contribution >= 0.6 is 11.3 Å². The van der Waals surface area contributed by atoms with Gasteiger partial charge >= 0.3 is 0 Å². The number of carbonyl (C=O) groups is 1. The van der Waals surface area contributed by atoms with E-state index in [2.05, 4.69) is 4.98 Å². The van der Waals surface area contributed by atoms with Crippen molar-refractivity contribution in [3.63, 3.8) is 0 Å². The van der Waals surface area contributed by atoms with E-state index in [4.69, 9.17) is 0 Å². The van der Waals surface area contributed by atoms with E-state index in [0.29, 0.717) is 27.7 Å². The molecule has 32 heavy (non-hydrogen) atoms. The Balaban J connectivity index is 1.81. The first-order chi connectivity index (χ1) is 15.5. The number of benzene rings is 2. The van der Waals surface area contributed by atoms with Gasteiger partial charge in [-0.1, -0.05) is 42.0 Å². The molecular formula is C25H18N2O3S2. The summed E-state index contributed by atoms with van der Waals surface area (Å²) in [5, 5.41) is 4.66. The Morgan fingerprint density at radius 3 is 2.47 bits per heavy atom. The van der Waals surface area contributed by atoms with Crippen LogP contribution in [0.1, 0.15) is 15.9 Å². The molecule has 3 aromatic heterocycles. The molecule has 3 heterocycles. The summed E-state index contributed by atoms with van der Waals surface area (Å²) in [6, 6.07) is 17.8. The fourth-order valence-corrected chi connectivity index (χ4v) is 5.72. The van der Waals surface area contributed by atoms with E-state index in [9.17, 15) is 13.2 Å². The second-order valence-electron chi connectivity index (χ2n) is 7.47. The lowest BCUT2D eigenvalue weighted by molar-refractivity contribution is 0.112. The van der Waals surface area contributed by atoms with Gasteiger partial charge in [-0.05, 0) is 53.1 Å². The molecule has 0 saturated heterocycles. The monoisotopic (exact) mass is 458 g/mol. The topological polar surface area (TPSA) is 69.0 Å². The van der Waals surface area contributed by atoms with Crippen LogP contribution in [0.4, 0.5) is 0 Å². The number of fused-ring (bicyclic) bond motifs is 1. The number of hydrogen-bond acceptors (Lipinski definition) is 5. The number of thiophene rings is 1. The first-order valence-electron chi connectivity index (χ1n) is 9.89. The number of aromatic nitrogens is 2. The van der Waals surface area contributed by atoms with Crippen LogP contribution in [-0.2, 0) is 10.0 Å². The van der Waals surface area contributed by atoms with Gasteiger partial charge in [0, 0.05) is 34.5 Å². The average molecular weight is 459 g/mol. The summed E-state index contributed by atoms with van der Waals surface area (Å²) >= 11 is 1.58. The van der Waals surface area contributed by atoms with Gasteiger partial charge in [-0.2, -0.15) is 11.3 Å². The molecule has 0 radical (unpaired) electrons. The van der Waals surface area contributed by atoms with E-state index >= 15 is 0 Å². The molecule has 7 heteroatoms. The molecule has 158 valence electrons. The summed E-state index contributed by atoms with van der Waals surface area (Å²) in [4.78, 5) is 16.4. The van der Waals surface area contributed by atoms with Gasteiger partial charge in [-0.3, -0.25) is 4.79 Å². The summed E-state index contributed by atoms with van der Waals surface area (Å²) in [5.41, 5.74) is 4.97. The Bertz CT molecular complexity index is 1550. The van der Waals surface area contributed by atoms with E-state index in [1.54, 1.807) is 60.1 Å². The summed E-state index contributed by atoms with van der Waals surface area (Å²) in [7, 11) is -3.89. The van der Waals surface area contributed by atoms with E-state index in [1.165, 1.54) is 3.97 Å². The van der Waals surface area contributed by atoms with Crippen molar-refractivity contribution < 1.29 is 13.2 Å². The van der Waals surface area contributed by atoms with Crippen molar-refractivity contribution in [2.45, 2.75) is 11.8 Å². The zero-order valence-electron chi connectivity index (χ0n) is 17.1. The molecule has 0 fully saturated rings. The third-order valence-corrected chi connectivity index (χ3v) is 7.77. The maximum atomic E-state index is 13.5. The van der Waals surface area contributed by atoms with E-state index in [0.717, 1.165) is 23.0 Å². The molecule has 5 rings (SSSR count). The number of aldehydes is 1. The van der Waals surface area contributed by atoms with Gasteiger partial charge in [0.25, 0.3) is 10.0 Å². The van der Waals surface area contributed by atoms with Gasteiger partial charge in [-0.15, -0.1) is 0 Å². The Morgan fingerprint density at radius 2 is 1.75 bits per heavy atom. The lowest BCUT2D eigenvalue weighted by atomic mass is 9.99. The Morgan fingerprint density at radius 1 is 0.969 bits per heavy atom. The molecule has 0 N–H and O–H groups in total. The van der Waals surface area contributed by atoms with Gasteiger partial charge in [0.2, 0.25) is 0 Å². The van der Waals surface area contributed by atoms with Crippen LogP contribution in [0.5, 0.6) is 0 Å². The molecule has 0 amide bonds. The van der Waals surface area contributed by atoms with Crippen molar-refractivity contribution in [1.82, 2.24) is 8.96 Å². The van der Waals surface area contributed by atoms with Crippen molar-refractivity contribution in [1.29, 1.82) is 0 Å². The van der Waals surface area contributed by atoms with Gasteiger partial charge < -0.3 is 0 Å². The fourth-order valence-electron chi connectivity index (χ4n) is 3.73. The van der Waals surface area contributed by atoms with Crippen LogP contribution in [0.2, 0.25) is 0 Å². The van der Waals surface area contributed by atoms with E-state index in [1.807, 2.05) is 41.9 Å². The zero-order valence-corrected chi connectivity index (χ0v) is 18.7. The summed E-state index contributed by atoms with van der Waals surface area (Å²) in [6.07, 6.45) is 4.02. The van der Waals surface area contributed by atoms with Gasteiger partial charge in [0.15, 0.2) is 11.9 Å². The molecular weight excluding hydrogens is 440 g/mol. The van der Waals surface area contributed by atoms with E-state index in [-0.39, 0.29) is 4.90 Å². The first kappa shape index (κ1) is 20.4. The number of pyridine rings is 1. The van der Waals surface area contributed by atoms with Gasteiger partial charge in [-0.25, -0.2) is 17.4 Å². The highest BCUT2D eigenvalue weighted by Gasteiger charge is 2.24. The highest BCUT2D eigenvalue weighted by Crippen LogP contribution is 2.36. The fraction of sp³-hybridized carbons (Fsp3) is 0.0400. The van der Waals surface area contributed by atoms with Crippen molar-refractivity contribution in [3.8, 4) is 22.3 Å². The van der Waals surface area contributed by atoms with Crippen LogP contribution in [-0.4, -0.2) is 23.7 Å². The zero-order chi connectivity index (χ0) is 22.3. The molecule has 0 bridgehead atoms. The average Bonchev–Trinajstić information content (AvgIpc) is 3.47. The smallest absolute Gasteiger partial charge is 0.269 e. The molecule has 0 aliphatic heterocycles. The minimum Gasteiger partial charge on any atom is -0.298 e. The van der Waals surface area contributed by atoms with Crippen molar-refractivity contribution >= 4 is 38.7 Å². The molecule has 0 spiro atoms. The summed E-state index contributed by atoms with van der Waals surface area (Å²) in [5.74, 6) is 0. The predicted molar refractivity (Wildman–Crippen MR) is 128 cm³/mol. The molecule has 0 aliphatic rings. The molecule has 0 unspecified atom stereocenters. The highest BCUT2D eigenvalue weighted by molar-refractivity contribution is 7.90. The molecule has 2 aromatic carbocycles. The van der Waals surface area contributed by atoms with Crippen LogP contribution in [0.3, 0.4) is 0 Å². The first-order valence-corrected chi connectivity index (χ1v) is 12.3. The molecule has 0 aliphatic carbocycles. The van der Waals surface area contributed by atoms with Crippen LogP contribution in [0.25, 0.3) is 33.3 Å². The lowest BCUT2D eigenvalue weighted by Crippen LogP contribution is -2.12. The number of rotatable bonds is 5. The van der Waals surface area contributed by atoms with Crippen molar-refractivity contribution in [2.24, 2.45) is 0 Å². The molecule has 5 aromatic rings.